The Morgan fingerprint density at radius 2 is 2.08 bits per heavy atom. The predicted molar refractivity (Wildman–Crippen MR) is 49.6 cm³/mol. The lowest BCUT2D eigenvalue weighted by atomic mass is 10.2. The van der Waals surface area contributed by atoms with Crippen LogP contribution >= 0.6 is 0 Å². The standard InChI is InChI=1S/C9H10O2S/c1-3-8-5-4-6-9(7-8)12(2,10)11/h3-7H,1H2,2H3. The number of hydrogen-bond donors (Lipinski definition) is 0. The Kier molecular flexibility index (Phi) is 2.33. The molecule has 1 aromatic rings. The molecule has 0 N–H and O–H groups in total. The molecule has 12 heavy (non-hydrogen) atoms. The predicted octanol–water partition coefficient (Wildman–Crippen LogP) is 1.73. The minimum absolute atomic E-state index is 0.333. The van der Waals surface area contributed by atoms with E-state index in [1.54, 1.807) is 24.3 Å². The molecule has 0 aliphatic rings. The summed E-state index contributed by atoms with van der Waals surface area (Å²) in [6.45, 7) is 3.56. The first kappa shape index (κ1) is 9.00. The van der Waals surface area contributed by atoms with E-state index in [0.29, 0.717) is 4.90 Å². The van der Waals surface area contributed by atoms with E-state index in [9.17, 15) is 8.42 Å². The average Bonchev–Trinajstić information content (AvgIpc) is 2.03. The van der Waals surface area contributed by atoms with Crippen LogP contribution in [0.25, 0.3) is 6.08 Å². The van der Waals surface area contributed by atoms with Gasteiger partial charge in [-0.05, 0) is 17.7 Å². The van der Waals surface area contributed by atoms with Gasteiger partial charge in [-0.25, -0.2) is 8.42 Å². The van der Waals surface area contributed by atoms with Crippen LogP contribution in [-0.2, 0) is 9.84 Å². The van der Waals surface area contributed by atoms with E-state index in [-0.39, 0.29) is 0 Å². The Balaban J connectivity index is 3.29. The van der Waals surface area contributed by atoms with E-state index in [0.717, 1.165) is 5.56 Å². The first-order chi connectivity index (χ1) is 5.54. The van der Waals surface area contributed by atoms with Gasteiger partial charge in [0.2, 0.25) is 0 Å². The SMILES string of the molecule is C=Cc1cccc(S(C)(=O)=O)c1. The highest BCUT2D eigenvalue weighted by Crippen LogP contribution is 2.11. The van der Waals surface area contributed by atoms with Gasteiger partial charge in [0.25, 0.3) is 0 Å². The second-order valence-corrected chi connectivity index (χ2v) is 4.56. The summed E-state index contributed by atoms with van der Waals surface area (Å²) >= 11 is 0. The van der Waals surface area contributed by atoms with Crippen LogP contribution in [0, 0.1) is 0 Å². The zero-order valence-electron chi connectivity index (χ0n) is 6.82. The highest BCUT2D eigenvalue weighted by molar-refractivity contribution is 7.90. The molecule has 0 aliphatic heterocycles. The number of rotatable bonds is 2. The van der Waals surface area contributed by atoms with Crippen molar-refractivity contribution in [1.29, 1.82) is 0 Å². The normalized spacial score (nSPS) is 11.1. The van der Waals surface area contributed by atoms with Crippen LogP contribution in [0.5, 0.6) is 0 Å². The molecule has 0 saturated carbocycles. The number of benzene rings is 1. The second kappa shape index (κ2) is 3.11. The molecular weight excluding hydrogens is 172 g/mol. The molecule has 0 spiro atoms. The highest BCUT2D eigenvalue weighted by atomic mass is 32.2. The minimum Gasteiger partial charge on any atom is -0.224 e. The average molecular weight is 182 g/mol. The Labute approximate surface area is 72.5 Å². The molecule has 0 heterocycles. The largest absolute Gasteiger partial charge is 0.224 e. The molecule has 0 radical (unpaired) electrons. The van der Waals surface area contributed by atoms with Gasteiger partial charge in [0, 0.05) is 6.26 Å². The van der Waals surface area contributed by atoms with Crippen LogP contribution in [0.4, 0.5) is 0 Å². The lowest BCUT2D eigenvalue weighted by Crippen LogP contribution is -1.96. The third kappa shape index (κ3) is 1.95. The van der Waals surface area contributed by atoms with Crippen molar-refractivity contribution in [3.63, 3.8) is 0 Å². The molecule has 0 aromatic heterocycles. The molecule has 1 aromatic carbocycles. The van der Waals surface area contributed by atoms with Crippen LogP contribution in [0.2, 0.25) is 0 Å². The molecule has 2 nitrogen and oxygen atoms in total. The molecule has 0 atom stereocenters. The van der Waals surface area contributed by atoms with Crippen LogP contribution in [-0.4, -0.2) is 14.7 Å². The van der Waals surface area contributed by atoms with E-state index >= 15 is 0 Å². The molecule has 0 fully saturated rings. The topological polar surface area (TPSA) is 34.1 Å². The van der Waals surface area contributed by atoms with Crippen molar-refractivity contribution < 1.29 is 8.42 Å². The maximum absolute atomic E-state index is 11.1. The minimum atomic E-state index is -3.08. The first-order valence-corrected chi connectivity index (χ1v) is 5.36. The van der Waals surface area contributed by atoms with Gasteiger partial charge in [0.15, 0.2) is 9.84 Å². The van der Waals surface area contributed by atoms with Crippen molar-refractivity contribution >= 4 is 15.9 Å². The lowest BCUT2D eigenvalue weighted by Gasteiger charge is -1.98. The van der Waals surface area contributed by atoms with Gasteiger partial charge >= 0.3 is 0 Å². The summed E-state index contributed by atoms with van der Waals surface area (Å²) in [5, 5.41) is 0. The summed E-state index contributed by atoms with van der Waals surface area (Å²) in [7, 11) is -3.08. The monoisotopic (exact) mass is 182 g/mol. The number of hydrogen-bond acceptors (Lipinski definition) is 2. The third-order valence-corrected chi connectivity index (χ3v) is 2.63. The zero-order valence-corrected chi connectivity index (χ0v) is 7.64. The van der Waals surface area contributed by atoms with Crippen LogP contribution in [0.15, 0.2) is 35.7 Å². The molecule has 0 unspecified atom stereocenters. The van der Waals surface area contributed by atoms with Gasteiger partial charge in [-0.3, -0.25) is 0 Å². The van der Waals surface area contributed by atoms with Crippen molar-refractivity contribution in [2.24, 2.45) is 0 Å². The molecule has 0 bridgehead atoms. The third-order valence-electron chi connectivity index (χ3n) is 1.52. The summed E-state index contributed by atoms with van der Waals surface area (Å²) in [5.41, 5.74) is 0.818. The Hall–Kier alpha value is -1.09. The van der Waals surface area contributed by atoms with Crippen LogP contribution in [0.1, 0.15) is 5.56 Å². The van der Waals surface area contributed by atoms with Crippen molar-refractivity contribution in [3.8, 4) is 0 Å². The first-order valence-electron chi connectivity index (χ1n) is 3.46. The summed E-state index contributed by atoms with van der Waals surface area (Å²) < 4.78 is 22.1. The van der Waals surface area contributed by atoms with Gasteiger partial charge in [-0.15, -0.1) is 0 Å². The lowest BCUT2D eigenvalue weighted by molar-refractivity contribution is 0.602. The zero-order chi connectivity index (χ0) is 9.19. The molecular formula is C9H10O2S. The summed E-state index contributed by atoms with van der Waals surface area (Å²) in [6, 6.07) is 6.68. The van der Waals surface area contributed by atoms with Gasteiger partial charge in [-0.1, -0.05) is 24.8 Å². The van der Waals surface area contributed by atoms with E-state index in [1.165, 1.54) is 6.26 Å². The second-order valence-electron chi connectivity index (χ2n) is 2.55. The van der Waals surface area contributed by atoms with E-state index in [4.69, 9.17) is 0 Å². The van der Waals surface area contributed by atoms with Gasteiger partial charge < -0.3 is 0 Å². The molecule has 0 amide bonds. The van der Waals surface area contributed by atoms with Gasteiger partial charge in [0.05, 0.1) is 4.90 Å². The van der Waals surface area contributed by atoms with E-state index in [1.807, 2.05) is 6.07 Å². The summed E-state index contributed by atoms with van der Waals surface area (Å²) in [5.74, 6) is 0. The molecule has 1 rings (SSSR count). The molecule has 0 saturated heterocycles. The van der Waals surface area contributed by atoms with Crippen molar-refractivity contribution in [2.45, 2.75) is 4.90 Å². The summed E-state index contributed by atoms with van der Waals surface area (Å²) in [6.07, 6.45) is 2.81. The Morgan fingerprint density at radius 1 is 1.42 bits per heavy atom. The number of sulfone groups is 1. The Morgan fingerprint density at radius 3 is 2.58 bits per heavy atom. The van der Waals surface area contributed by atoms with Crippen molar-refractivity contribution in [3.05, 3.63) is 36.4 Å². The molecule has 64 valence electrons. The van der Waals surface area contributed by atoms with Gasteiger partial charge in [0.1, 0.15) is 0 Å². The highest BCUT2D eigenvalue weighted by Gasteiger charge is 2.05. The fraction of sp³-hybridized carbons (Fsp3) is 0.111. The Bertz CT molecular complexity index is 391. The summed E-state index contributed by atoms with van der Waals surface area (Å²) in [4.78, 5) is 0.333. The van der Waals surface area contributed by atoms with Crippen molar-refractivity contribution in [2.75, 3.05) is 6.26 Å². The molecule has 3 heteroatoms. The quantitative estimate of drug-likeness (QED) is 0.698. The van der Waals surface area contributed by atoms with E-state index < -0.39 is 9.84 Å². The maximum Gasteiger partial charge on any atom is 0.175 e. The van der Waals surface area contributed by atoms with E-state index in [2.05, 4.69) is 6.58 Å². The molecule has 0 aliphatic carbocycles. The van der Waals surface area contributed by atoms with Crippen LogP contribution in [0.3, 0.4) is 0 Å². The van der Waals surface area contributed by atoms with Gasteiger partial charge in [-0.2, -0.15) is 0 Å². The smallest absolute Gasteiger partial charge is 0.175 e. The maximum atomic E-state index is 11.1. The fourth-order valence-electron chi connectivity index (χ4n) is 0.872. The van der Waals surface area contributed by atoms with Crippen LogP contribution < -0.4 is 0 Å². The fourth-order valence-corrected chi connectivity index (χ4v) is 1.55. The van der Waals surface area contributed by atoms with Crippen molar-refractivity contribution in [1.82, 2.24) is 0 Å².